The molecule has 0 atom stereocenters. The number of sulfone groups is 1. The van der Waals surface area contributed by atoms with Crippen LogP contribution in [0.2, 0.25) is 0 Å². The molecule has 152 valence electrons. The molecule has 3 heterocycles. The van der Waals surface area contributed by atoms with Crippen molar-refractivity contribution in [1.82, 2.24) is 10.3 Å². The lowest BCUT2D eigenvalue weighted by atomic mass is 10.0. The number of nitrogens with one attached hydrogen (secondary N) is 1. The predicted octanol–water partition coefficient (Wildman–Crippen LogP) is 3.42. The fraction of sp³-hybridized carbons (Fsp3) is 0.500. The van der Waals surface area contributed by atoms with Gasteiger partial charge >= 0.3 is 0 Å². The van der Waals surface area contributed by atoms with Gasteiger partial charge in [0, 0.05) is 24.0 Å². The van der Waals surface area contributed by atoms with Gasteiger partial charge in [-0.1, -0.05) is 0 Å². The van der Waals surface area contributed by atoms with Gasteiger partial charge in [0.2, 0.25) is 0 Å². The summed E-state index contributed by atoms with van der Waals surface area (Å²) in [5, 5.41) is 3.22. The van der Waals surface area contributed by atoms with Crippen molar-refractivity contribution in [1.29, 1.82) is 0 Å². The van der Waals surface area contributed by atoms with Crippen LogP contribution in [0.5, 0.6) is 0 Å². The fourth-order valence-corrected chi connectivity index (χ4v) is 4.96. The van der Waals surface area contributed by atoms with Crippen molar-refractivity contribution in [2.75, 3.05) is 18.0 Å². The molecule has 8 heteroatoms. The molecule has 28 heavy (non-hydrogen) atoms. The molecule has 1 aliphatic heterocycles. The summed E-state index contributed by atoms with van der Waals surface area (Å²) >= 11 is 1.51. The number of pyridine rings is 1. The SMILES string of the molecule is Cc1ccc(C(=O)NC2CCN(c3ccc(S(=O)(=O)C(C)(C)C)nc3)CC2)s1. The first-order valence-corrected chi connectivity index (χ1v) is 11.7. The average Bonchev–Trinajstić information content (AvgIpc) is 3.08. The number of nitrogens with zero attached hydrogens (tertiary/aromatic N) is 2. The zero-order chi connectivity index (χ0) is 20.5. The highest BCUT2D eigenvalue weighted by Crippen LogP contribution is 2.26. The van der Waals surface area contributed by atoms with Crippen molar-refractivity contribution >= 4 is 32.8 Å². The van der Waals surface area contributed by atoms with E-state index in [4.69, 9.17) is 0 Å². The van der Waals surface area contributed by atoms with E-state index < -0.39 is 14.6 Å². The fourth-order valence-electron chi connectivity index (χ4n) is 3.13. The van der Waals surface area contributed by atoms with E-state index in [1.54, 1.807) is 33.0 Å². The highest BCUT2D eigenvalue weighted by atomic mass is 32.2. The topological polar surface area (TPSA) is 79.4 Å². The third-order valence-corrected chi connectivity index (χ3v) is 8.37. The number of carbonyl (C=O) groups is 1. The van der Waals surface area contributed by atoms with Crippen LogP contribution in [-0.4, -0.2) is 43.2 Å². The third-order valence-electron chi connectivity index (χ3n) is 4.96. The van der Waals surface area contributed by atoms with Crippen molar-refractivity contribution in [2.24, 2.45) is 0 Å². The predicted molar refractivity (Wildman–Crippen MR) is 113 cm³/mol. The van der Waals surface area contributed by atoms with Crippen LogP contribution >= 0.6 is 11.3 Å². The monoisotopic (exact) mass is 421 g/mol. The second-order valence-corrected chi connectivity index (χ2v) is 12.1. The quantitative estimate of drug-likeness (QED) is 0.818. The molecule has 0 radical (unpaired) electrons. The molecule has 0 aliphatic carbocycles. The van der Waals surface area contributed by atoms with Gasteiger partial charge in [-0.15, -0.1) is 11.3 Å². The van der Waals surface area contributed by atoms with Crippen LogP contribution in [0.15, 0.2) is 35.5 Å². The van der Waals surface area contributed by atoms with Crippen LogP contribution in [-0.2, 0) is 9.84 Å². The van der Waals surface area contributed by atoms with Crippen LogP contribution in [0.4, 0.5) is 5.69 Å². The maximum Gasteiger partial charge on any atom is 0.261 e. The Bertz CT molecular complexity index is 936. The molecule has 0 aromatic carbocycles. The number of carbonyl (C=O) groups excluding carboxylic acids is 1. The molecule has 2 aromatic rings. The lowest BCUT2D eigenvalue weighted by molar-refractivity contribution is 0.0935. The van der Waals surface area contributed by atoms with E-state index in [2.05, 4.69) is 15.2 Å². The van der Waals surface area contributed by atoms with E-state index in [1.165, 1.54) is 11.3 Å². The van der Waals surface area contributed by atoms with Gasteiger partial charge < -0.3 is 10.2 Å². The van der Waals surface area contributed by atoms with Gasteiger partial charge in [-0.05, 0) is 64.8 Å². The number of aromatic nitrogens is 1. The van der Waals surface area contributed by atoms with Gasteiger partial charge in [-0.3, -0.25) is 4.79 Å². The second kappa shape index (κ2) is 7.83. The number of thiophene rings is 1. The van der Waals surface area contributed by atoms with Crippen molar-refractivity contribution in [2.45, 2.75) is 56.4 Å². The van der Waals surface area contributed by atoms with E-state index in [0.29, 0.717) is 0 Å². The summed E-state index contributed by atoms with van der Waals surface area (Å²) in [5.41, 5.74) is 0.909. The molecular weight excluding hydrogens is 394 g/mol. The van der Waals surface area contributed by atoms with E-state index in [0.717, 1.165) is 41.4 Å². The van der Waals surface area contributed by atoms with E-state index >= 15 is 0 Å². The molecule has 1 aliphatic rings. The summed E-state index contributed by atoms with van der Waals surface area (Å²) in [4.78, 5) is 20.6. The van der Waals surface area contributed by atoms with Gasteiger partial charge in [0.15, 0.2) is 14.9 Å². The summed E-state index contributed by atoms with van der Waals surface area (Å²) in [6.07, 6.45) is 3.32. The molecule has 1 saturated heterocycles. The molecule has 6 nitrogen and oxygen atoms in total. The second-order valence-electron chi connectivity index (χ2n) is 8.12. The Morgan fingerprint density at radius 2 is 1.86 bits per heavy atom. The van der Waals surface area contributed by atoms with Crippen molar-refractivity contribution < 1.29 is 13.2 Å². The smallest absolute Gasteiger partial charge is 0.261 e. The van der Waals surface area contributed by atoms with E-state index in [9.17, 15) is 13.2 Å². The minimum absolute atomic E-state index is 0.00467. The Morgan fingerprint density at radius 1 is 1.18 bits per heavy atom. The summed E-state index contributed by atoms with van der Waals surface area (Å²) in [6, 6.07) is 7.38. The number of amides is 1. The maximum atomic E-state index is 12.5. The first-order chi connectivity index (χ1) is 13.1. The molecule has 1 amide bonds. The first-order valence-electron chi connectivity index (χ1n) is 9.41. The van der Waals surface area contributed by atoms with Crippen molar-refractivity contribution in [3.8, 4) is 0 Å². The van der Waals surface area contributed by atoms with Crippen molar-refractivity contribution in [3.63, 3.8) is 0 Å². The highest BCUT2D eigenvalue weighted by Gasteiger charge is 2.32. The lowest BCUT2D eigenvalue weighted by Crippen LogP contribution is -2.44. The van der Waals surface area contributed by atoms with Crippen LogP contribution in [0.3, 0.4) is 0 Å². The Hall–Kier alpha value is -1.93. The Labute approximate surface area is 170 Å². The van der Waals surface area contributed by atoms with E-state index in [1.807, 2.05) is 25.1 Å². The summed E-state index contributed by atoms with van der Waals surface area (Å²) in [6.45, 7) is 8.60. The molecule has 2 aromatic heterocycles. The highest BCUT2D eigenvalue weighted by molar-refractivity contribution is 7.92. The molecule has 0 spiro atoms. The minimum Gasteiger partial charge on any atom is -0.370 e. The van der Waals surface area contributed by atoms with Crippen LogP contribution in [0.1, 0.15) is 48.2 Å². The maximum absolute atomic E-state index is 12.5. The van der Waals surface area contributed by atoms with Crippen LogP contribution < -0.4 is 10.2 Å². The largest absolute Gasteiger partial charge is 0.370 e. The van der Waals surface area contributed by atoms with Gasteiger partial charge in [0.1, 0.15) is 0 Å². The molecule has 0 saturated carbocycles. The Balaban J connectivity index is 1.58. The normalized spacial score (nSPS) is 16.2. The third kappa shape index (κ3) is 4.38. The number of rotatable bonds is 4. The first kappa shape index (κ1) is 20.8. The molecule has 0 unspecified atom stereocenters. The van der Waals surface area contributed by atoms with Gasteiger partial charge in [-0.25, -0.2) is 13.4 Å². The van der Waals surface area contributed by atoms with Crippen LogP contribution in [0.25, 0.3) is 0 Å². The minimum atomic E-state index is -3.45. The zero-order valence-electron chi connectivity index (χ0n) is 16.7. The number of hydrogen-bond donors (Lipinski definition) is 1. The summed E-state index contributed by atoms with van der Waals surface area (Å²) in [5.74, 6) is -0.00467. The van der Waals surface area contributed by atoms with Crippen molar-refractivity contribution in [3.05, 3.63) is 40.2 Å². The Kier molecular flexibility index (Phi) is 5.82. The molecule has 1 N–H and O–H groups in total. The van der Waals surface area contributed by atoms with Gasteiger partial charge in [-0.2, -0.15) is 0 Å². The standard InChI is InChI=1S/C20H27N3O3S2/c1-14-5-7-17(27-14)19(24)22-15-9-11-23(12-10-15)16-6-8-18(21-13-16)28(25,26)20(2,3)4/h5-8,13,15H,9-12H2,1-4H3,(H,22,24). The molecule has 1 fully saturated rings. The number of piperidine rings is 1. The number of hydrogen-bond acceptors (Lipinski definition) is 6. The molecular formula is C20H27N3O3S2. The van der Waals surface area contributed by atoms with Gasteiger partial charge in [0.25, 0.3) is 5.91 Å². The average molecular weight is 422 g/mol. The number of aryl methyl sites for hydroxylation is 1. The molecule has 3 rings (SSSR count). The van der Waals surface area contributed by atoms with E-state index in [-0.39, 0.29) is 17.0 Å². The molecule has 0 bridgehead atoms. The Morgan fingerprint density at radius 3 is 2.36 bits per heavy atom. The zero-order valence-corrected chi connectivity index (χ0v) is 18.4. The van der Waals surface area contributed by atoms with Gasteiger partial charge in [0.05, 0.1) is 21.5 Å². The summed E-state index contributed by atoms with van der Waals surface area (Å²) < 4.78 is 24.1. The summed E-state index contributed by atoms with van der Waals surface area (Å²) in [7, 11) is -3.45. The lowest BCUT2D eigenvalue weighted by Gasteiger charge is -2.33. The van der Waals surface area contributed by atoms with Crippen LogP contribution in [0, 0.1) is 6.92 Å². The number of anilines is 1.